The topological polar surface area (TPSA) is 68.0 Å². The van der Waals surface area contributed by atoms with Crippen LogP contribution in [0.5, 0.6) is 0 Å². The molecule has 1 aliphatic rings. The number of nitrogens with zero attached hydrogens (tertiary/aromatic N) is 1. The number of nitrogens with one attached hydrogen (secondary N) is 1. The summed E-state index contributed by atoms with van der Waals surface area (Å²) in [5.74, 6) is 1.85. The molecular formula is C17H28ClN3O. The van der Waals surface area contributed by atoms with E-state index in [1.54, 1.807) is 18.3 Å². The molecule has 1 aliphatic carbocycles. The standard InChI is InChI=1S/C17H27N3O.ClH/c1-11(2)15-5-4-12(3)8-16(15)20-17(21)13-6-7-19-14(9-13)10-18;/h6-7,9,11-12,15-16H,4-5,8,10,18H2,1-3H3,(H,20,21);1H. The Labute approximate surface area is 139 Å². The van der Waals surface area contributed by atoms with Crippen LogP contribution in [0.3, 0.4) is 0 Å². The smallest absolute Gasteiger partial charge is 0.251 e. The van der Waals surface area contributed by atoms with Crippen LogP contribution < -0.4 is 11.1 Å². The van der Waals surface area contributed by atoms with Crippen LogP contribution in [0.15, 0.2) is 18.3 Å². The Morgan fingerprint density at radius 3 is 2.82 bits per heavy atom. The molecule has 0 aromatic carbocycles. The SMILES string of the molecule is CC1CCC(C(C)C)C(NC(=O)c2ccnc(CN)c2)C1.Cl. The highest BCUT2D eigenvalue weighted by molar-refractivity contribution is 5.94. The number of aromatic nitrogens is 1. The number of carbonyl (C=O) groups is 1. The zero-order valence-corrected chi connectivity index (χ0v) is 14.5. The molecule has 3 unspecified atom stereocenters. The van der Waals surface area contributed by atoms with Crippen molar-refractivity contribution in [3.8, 4) is 0 Å². The first kappa shape index (κ1) is 18.9. The summed E-state index contributed by atoms with van der Waals surface area (Å²) in [6, 6.07) is 3.81. The summed E-state index contributed by atoms with van der Waals surface area (Å²) in [6.45, 7) is 7.13. The predicted molar refractivity (Wildman–Crippen MR) is 92.0 cm³/mol. The van der Waals surface area contributed by atoms with Crippen LogP contribution in [-0.2, 0) is 6.54 Å². The zero-order chi connectivity index (χ0) is 15.4. The van der Waals surface area contributed by atoms with Crippen LogP contribution in [0, 0.1) is 17.8 Å². The van der Waals surface area contributed by atoms with Gasteiger partial charge in [0.1, 0.15) is 0 Å². The van der Waals surface area contributed by atoms with Gasteiger partial charge in [0.15, 0.2) is 0 Å². The molecule has 4 nitrogen and oxygen atoms in total. The molecule has 5 heteroatoms. The Balaban J connectivity index is 0.00000242. The van der Waals surface area contributed by atoms with Crippen molar-refractivity contribution < 1.29 is 4.79 Å². The number of hydrogen-bond acceptors (Lipinski definition) is 3. The van der Waals surface area contributed by atoms with Crippen molar-refractivity contribution in [1.82, 2.24) is 10.3 Å². The van der Waals surface area contributed by atoms with E-state index >= 15 is 0 Å². The van der Waals surface area contributed by atoms with E-state index in [9.17, 15) is 4.79 Å². The van der Waals surface area contributed by atoms with E-state index < -0.39 is 0 Å². The van der Waals surface area contributed by atoms with Gasteiger partial charge in [0.05, 0.1) is 5.69 Å². The van der Waals surface area contributed by atoms with Crippen LogP contribution >= 0.6 is 12.4 Å². The molecule has 1 amide bonds. The molecule has 0 saturated heterocycles. The van der Waals surface area contributed by atoms with Gasteiger partial charge < -0.3 is 11.1 Å². The minimum absolute atomic E-state index is 0. The lowest BCUT2D eigenvalue weighted by Crippen LogP contribution is -2.45. The van der Waals surface area contributed by atoms with Gasteiger partial charge in [-0.1, -0.05) is 27.2 Å². The van der Waals surface area contributed by atoms with Crippen molar-refractivity contribution in [2.75, 3.05) is 0 Å². The summed E-state index contributed by atoms with van der Waals surface area (Å²) in [5.41, 5.74) is 7.00. The van der Waals surface area contributed by atoms with Gasteiger partial charge in [-0.15, -0.1) is 12.4 Å². The molecule has 1 aromatic heterocycles. The molecule has 3 N–H and O–H groups in total. The van der Waals surface area contributed by atoms with E-state index in [1.807, 2.05) is 0 Å². The number of rotatable bonds is 4. The van der Waals surface area contributed by atoms with E-state index in [1.165, 1.54) is 12.8 Å². The van der Waals surface area contributed by atoms with E-state index in [2.05, 4.69) is 31.1 Å². The van der Waals surface area contributed by atoms with Crippen molar-refractivity contribution in [2.24, 2.45) is 23.5 Å². The monoisotopic (exact) mass is 325 g/mol. The first-order valence-electron chi connectivity index (χ1n) is 7.97. The third-order valence-electron chi connectivity index (χ3n) is 4.63. The Hall–Kier alpha value is -1.13. The summed E-state index contributed by atoms with van der Waals surface area (Å²) in [6.07, 6.45) is 5.19. The molecule has 1 aromatic rings. The predicted octanol–water partition coefficient (Wildman–Crippen LogP) is 3.15. The molecule has 0 bridgehead atoms. The lowest BCUT2D eigenvalue weighted by Gasteiger charge is -2.37. The van der Waals surface area contributed by atoms with Crippen LogP contribution in [0.4, 0.5) is 0 Å². The number of pyridine rings is 1. The van der Waals surface area contributed by atoms with Crippen LogP contribution in [0.1, 0.15) is 56.1 Å². The molecule has 124 valence electrons. The molecular weight excluding hydrogens is 298 g/mol. The number of hydrogen-bond donors (Lipinski definition) is 2. The van der Waals surface area contributed by atoms with Crippen molar-refractivity contribution in [3.05, 3.63) is 29.6 Å². The summed E-state index contributed by atoms with van der Waals surface area (Å²) in [7, 11) is 0. The van der Waals surface area contributed by atoms with Gasteiger partial charge in [0.2, 0.25) is 0 Å². The van der Waals surface area contributed by atoms with Gasteiger partial charge in [0, 0.05) is 24.3 Å². The Bertz CT molecular complexity index is 493. The first-order valence-corrected chi connectivity index (χ1v) is 7.97. The summed E-state index contributed by atoms with van der Waals surface area (Å²) < 4.78 is 0. The van der Waals surface area contributed by atoms with Crippen molar-refractivity contribution in [1.29, 1.82) is 0 Å². The molecule has 2 rings (SSSR count). The fourth-order valence-electron chi connectivity index (χ4n) is 3.35. The van der Waals surface area contributed by atoms with E-state index in [0.29, 0.717) is 29.9 Å². The molecule has 3 atom stereocenters. The van der Waals surface area contributed by atoms with Gasteiger partial charge in [-0.3, -0.25) is 9.78 Å². The minimum Gasteiger partial charge on any atom is -0.349 e. The molecule has 0 spiro atoms. The zero-order valence-electron chi connectivity index (χ0n) is 13.7. The number of halogens is 1. The molecule has 0 radical (unpaired) electrons. The molecule has 0 aliphatic heterocycles. The third-order valence-corrected chi connectivity index (χ3v) is 4.63. The van der Waals surface area contributed by atoms with Gasteiger partial charge in [-0.05, 0) is 42.7 Å². The van der Waals surface area contributed by atoms with Gasteiger partial charge in [0.25, 0.3) is 5.91 Å². The van der Waals surface area contributed by atoms with Crippen LogP contribution in [0.25, 0.3) is 0 Å². The van der Waals surface area contributed by atoms with Gasteiger partial charge in [-0.2, -0.15) is 0 Å². The summed E-state index contributed by atoms with van der Waals surface area (Å²) >= 11 is 0. The Kier molecular flexibility index (Phi) is 7.30. The van der Waals surface area contributed by atoms with Crippen molar-refractivity contribution in [2.45, 2.75) is 52.6 Å². The van der Waals surface area contributed by atoms with Crippen LogP contribution in [-0.4, -0.2) is 16.9 Å². The summed E-state index contributed by atoms with van der Waals surface area (Å²) in [5, 5.41) is 3.24. The maximum Gasteiger partial charge on any atom is 0.251 e. The highest BCUT2D eigenvalue weighted by atomic mass is 35.5. The minimum atomic E-state index is -0.00292. The molecule has 1 heterocycles. The van der Waals surface area contributed by atoms with E-state index in [0.717, 1.165) is 12.1 Å². The van der Waals surface area contributed by atoms with Crippen molar-refractivity contribution in [3.63, 3.8) is 0 Å². The third kappa shape index (κ3) is 4.68. The quantitative estimate of drug-likeness (QED) is 0.893. The number of nitrogens with two attached hydrogens (primary N) is 1. The number of carbonyl (C=O) groups excluding carboxylic acids is 1. The fourth-order valence-corrected chi connectivity index (χ4v) is 3.35. The molecule has 1 fully saturated rings. The molecule has 22 heavy (non-hydrogen) atoms. The lowest BCUT2D eigenvalue weighted by molar-refractivity contribution is 0.0867. The van der Waals surface area contributed by atoms with E-state index in [-0.39, 0.29) is 24.4 Å². The van der Waals surface area contributed by atoms with Gasteiger partial charge in [-0.25, -0.2) is 0 Å². The summed E-state index contributed by atoms with van der Waals surface area (Å²) in [4.78, 5) is 16.6. The Morgan fingerprint density at radius 2 is 2.18 bits per heavy atom. The van der Waals surface area contributed by atoms with E-state index in [4.69, 9.17) is 5.73 Å². The normalized spacial score (nSPS) is 24.7. The van der Waals surface area contributed by atoms with Crippen LogP contribution in [0.2, 0.25) is 0 Å². The lowest BCUT2D eigenvalue weighted by atomic mass is 9.74. The highest BCUT2D eigenvalue weighted by Crippen LogP contribution is 2.33. The highest BCUT2D eigenvalue weighted by Gasteiger charge is 2.31. The number of amides is 1. The van der Waals surface area contributed by atoms with Gasteiger partial charge >= 0.3 is 0 Å². The second-order valence-electron chi connectivity index (χ2n) is 6.65. The second-order valence-corrected chi connectivity index (χ2v) is 6.65. The average Bonchev–Trinajstić information content (AvgIpc) is 2.47. The maximum absolute atomic E-state index is 12.5. The maximum atomic E-state index is 12.5. The molecule has 1 saturated carbocycles. The second kappa shape index (κ2) is 8.49. The fraction of sp³-hybridized carbons (Fsp3) is 0.647. The largest absolute Gasteiger partial charge is 0.349 e. The Morgan fingerprint density at radius 1 is 1.45 bits per heavy atom. The van der Waals surface area contributed by atoms with Crippen molar-refractivity contribution >= 4 is 18.3 Å². The first-order chi connectivity index (χ1) is 10.0. The average molecular weight is 326 g/mol.